The van der Waals surface area contributed by atoms with E-state index in [0.717, 1.165) is 55.8 Å². The van der Waals surface area contributed by atoms with Crippen molar-refractivity contribution in [3.05, 3.63) is 42.1 Å². The second-order valence-corrected chi connectivity index (χ2v) is 16.3. The summed E-state index contributed by atoms with van der Waals surface area (Å²) in [6.45, 7) is 12.0. The van der Waals surface area contributed by atoms with Crippen LogP contribution in [-0.4, -0.2) is 93.3 Å². The Bertz CT molecular complexity index is 1530. The summed E-state index contributed by atoms with van der Waals surface area (Å²) in [5.74, 6) is 2.43. The van der Waals surface area contributed by atoms with Crippen LogP contribution in [0.4, 0.5) is 0 Å². The van der Waals surface area contributed by atoms with Crippen LogP contribution < -0.4 is 0 Å². The highest BCUT2D eigenvalue weighted by atomic mass is 16.3. The molecule has 0 radical (unpaired) electrons. The van der Waals surface area contributed by atoms with Gasteiger partial charge < -0.3 is 14.9 Å². The zero-order chi connectivity index (χ0) is 33.1. The van der Waals surface area contributed by atoms with E-state index in [1.165, 1.54) is 6.42 Å². The summed E-state index contributed by atoms with van der Waals surface area (Å²) >= 11 is 0. The lowest BCUT2D eigenvalue weighted by Crippen LogP contribution is -2.62. The van der Waals surface area contributed by atoms with Crippen LogP contribution in [0.1, 0.15) is 96.0 Å². The molecule has 1 aliphatic heterocycles. The van der Waals surface area contributed by atoms with Crippen molar-refractivity contribution in [2.24, 2.45) is 34.5 Å². The van der Waals surface area contributed by atoms with Gasteiger partial charge in [0.2, 0.25) is 5.91 Å². The van der Waals surface area contributed by atoms with Crippen molar-refractivity contribution in [3.63, 3.8) is 0 Å². The van der Waals surface area contributed by atoms with Crippen molar-refractivity contribution in [2.45, 2.75) is 97.1 Å². The number of piperazine rings is 1. The second kappa shape index (κ2) is 12.2. The first kappa shape index (κ1) is 32.7. The zero-order valence-corrected chi connectivity index (χ0v) is 28.9. The van der Waals surface area contributed by atoms with E-state index < -0.39 is 5.60 Å². The van der Waals surface area contributed by atoms with E-state index in [1.54, 1.807) is 11.0 Å². The first-order valence-corrected chi connectivity index (χ1v) is 18.4. The number of aromatic nitrogens is 1. The third kappa shape index (κ3) is 5.51. The number of nitrogens with zero attached hydrogens (tertiary/aromatic N) is 4. The van der Waals surface area contributed by atoms with Crippen LogP contribution in [0.5, 0.6) is 0 Å². The average Bonchev–Trinajstić information content (AvgIpc) is 3.32. The minimum Gasteiger partial charge on any atom is -0.390 e. The highest BCUT2D eigenvalue weighted by Crippen LogP contribution is 2.68. The Labute approximate surface area is 280 Å². The lowest BCUT2D eigenvalue weighted by Gasteiger charge is -2.62. The van der Waals surface area contributed by atoms with E-state index in [9.17, 15) is 19.5 Å². The molecular weight excluding hydrogens is 588 g/mol. The van der Waals surface area contributed by atoms with Gasteiger partial charge in [0.25, 0.3) is 5.91 Å². The largest absolute Gasteiger partial charge is 0.390 e. The monoisotopic (exact) mass is 642 g/mol. The Hall–Kier alpha value is -2.84. The number of fused-ring (bicyclic) bond motifs is 6. The molecule has 1 aromatic heterocycles. The summed E-state index contributed by atoms with van der Waals surface area (Å²) in [6.07, 6.45) is 8.97. The molecule has 0 bridgehead atoms. The lowest BCUT2D eigenvalue weighted by molar-refractivity contribution is -0.162. The van der Waals surface area contributed by atoms with Gasteiger partial charge in [-0.15, -0.1) is 0 Å². The van der Waals surface area contributed by atoms with Gasteiger partial charge in [0.05, 0.1) is 17.2 Å². The van der Waals surface area contributed by atoms with E-state index in [-0.39, 0.29) is 35.2 Å². The molecule has 1 saturated heterocycles. The first-order valence-electron chi connectivity index (χ1n) is 18.4. The predicted molar refractivity (Wildman–Crippen MR) is 183 cm³/mol. The van der Waals surface area contributed by atoms with Gasteiger partial charge in [-0.25, -0.2) is 4.98 Å². The summed E-state index contributed by atoms with van der Waals surface area (Å²) < 4.78 is 0. The fourth-order valence-electron chi connectivity index (χ4n) is 11.1. The van der Waals surface area contributed by atoms with Crippen LogP contribution in [0.15, 0.2) is 36.4 Å². The number of hydrogen-bond acceptors (Lipinski definition) is 6. The molecule has 5 fully saturated rings. The molecule has 8 atom stereocenters. The van der Waals surface area contributed by atoms with Crippen LogP contribution in [-0.2, 0) is 9.59 Å². The summed E-state index contributed by atoms with van der Waals surface area (Å²) in [4.78, 5) is 51.2. The standard InChI is InChI=1S/C39H54N4O4/c1-5-18-43(36(46)32-13-10-26-8-6-7-9-31(26)40-32)25-35(45)42-21-19-41(20-22-42)33-24-37(2)27(23-34(33)44)11-12-28-29(37)14-16-38(3)30(28)15-17-39(38,4)47/h6-10,13,27-30,33,47H,5,11-12,14-25H2,1-4H3/t27?,28-,29?,30?,33+,37+,38+,39+/m1/s1. The van der Waals surface area contributed by atoms with Crippen LogP contribution in [0.25, 0.3) is 10.9 Å². The van der Waals surface area contributed by atoms with Crippen LogP contribution in [0.3, 0.4) is 0 Å². The SMILES string of the molecule is CCCN(CC(=O)N1CCN([C@H]2C[C@@]3(C)C(CC[C@@H]4C3CC[C@@]3(C)C4CC[C@]3(C)O)CC2=O)CC1)C(=O)c1ccc2ccccc2n1. The van der Waals surface area contributed by atoms with Crippen molar-refractivity contribution in [3.8, 4) is 0 Å². The molecule has 4 aliphatic carbocycles. The molecule has 1 N–H and O–H groups in total. The molecule has 4 saturated carbocycles. The third-order valence-corrected chi connectivity index (χ3v) is 14.1. The summed E-state index contributed by atoms with van der Waals surface area (Å²) in [7, 11) is 0. The number of amides is 2. The number of rotatable bonds is 6. The summed E-state index contributed by atoms with van der Waals surface area (Å²) in [5.41, 5.74) is 0.710. The average molecular weight is 643 g/mol. The number of carbonyl (C=O) groups excluding carboxylic acids is 3. The molecule has 8 nitrogen and oxygen atoms in total. The van der Waals surface area contributed by atoms with Crippen LogP contribution in [0, 0.1) is 34.5 Å². The highest BCUT2D eigenvalue weighted by Gasteiger charge is 2.64. The van der Waals surface area contributed by atoms with Gasteiger partial charge in [-0.1, -0.05) is 45.0 Å². The number of Topliss-reactive ketones (excluding diaryl/α,β-unsaturated/α-hetero) is 1. The van der Waals surface area contributed by atoms with Crippen molar-refractivity contribution in [1.82, 2.24) is 19.7 Å². The fourth-order valence-corrected chi connectivity index (χ4v) is 11.1. The Balaban J connectivity index is 0.989. The molecule has 5 aliphatic rings. The minimum atomic E-state index is -0.573. The van der Waals surface area contributed by atoms with Gasteiger partial charge in [-0.05, 0) is 105 Å². The van der Waals surface area contributed by atoms with Crippen LogP contribution in [0.2, 0.25) is 0 Å². The number of aliphatic hydroxyl groups is 1. The topological polar surface area (TPSA) is 94.0 Å². The maximum Gasteiger partial charge on any atom is 0.272 e. The van der Waals surface area contributed by atoms with Crippen molar-refractivity contribution >= 4 is 28.5 Å². The first-order chi connectivity index (χ1) is 22.4. The molecule has 0 spiro atoms. The minimum absolute atomic E-state index is 0.00737. The van der Waals surface area contributed by atoms with Crippen molar-refractivity contribution < 1.29 is 19.5 Å². The number of para-hydroxylation sites is 1. The molecule has 2 amide bonds. The van der Waals surface area contributed by atoms with Gasteiger partial charge in [-0.2, -0.15) is 0 Å². The molecule has 8 heteroatoms. The molecule has 254 valence electrons. The maximum atomic E-state index is 13.7. The molecule has 3 unspecified atom stereocenters. The Morgan fingerprint density at radius 1 is 0.957 bits per heavy atom. The fraction of sp³-hybridized carbons (Fsp3) is 0.692. The summed E-state index contributed by atoms with van der Waals surface area (Å²) in [5, 5.41) is 12.3. The van der Waals surface area contributed by atoms with Gasteiger partial charge in [0.15, 0.2) is 0 Å². The van der Waals surface area contributed by atoms with Gasteiger partial charge in [0, 0.05) is 44.5 Å². The Morgan fingerprint density at radius 3 is 2.47 bits per heavy atom. The van der Waals surface area contributed by atoms with Gasteiger partial charge in [0.1, 0.15) is 18.0 Å². The number of pyridine rings is 1. The second-order valence-electron chi connectivity index (χ2n) is 16.3. The Morgan fingerprint density at radius 2 is 1.70 bits per heavy atom. The number of carbonyl (C=O) groups is 3. The van der Waals surface area contributed by atoms with Gasteiger partial charge in [-0.3, -0.25) is 19.3 Å². The van der Waals surface area contributed by atoms with E-state index in [4.69, 9.17) is 0 Å². The lowest BCUT2D eigenvalue weighted by atomic mass is 9.44. The molecule has 47 heavy (non-hydrogen) atoms. The normalized spacial score (nSPS) is 37.3. The highest BCUT2D eigenvalue weighted by molar-refractivity contribution is 5.97. The number of ketones is 1. The van der Waals surface area contributed by atoms with Crippen molar-refractivity contribution in [1.29, 1.82) is 0 Å². The predicted octanol–water partition coefficient (Wildman–Crippen LogP) is 5.57. The Kier molecular flexibility index (Phi) is 8.52. The van der Waals surface area contributed by atoms with E-state index in [1.807, 2.05) is 42.2 Å². The number of benzene rings is 1. The zero-order valence-electron chi connectivity index (χ0n) is 28.9. The number of hydrogen-bond donors (Lipinski definition) is 1. The molecule has 2 aromatic rings. The molecule has 2 heterocycles. The molecular formula is C39H54N4O4. The van der Waals surface area contributed by atoms with Crippen LogP contribution >= 0.6 is 0 Å². The smallest absolute Gasteiger partial charge is 0.272 e. The summed E-state index contributed by atoms with van der Waals surface area (Å²) in [6, 6.07) is 11.3. The van der Waals surface area contributed by atoms with Gasteiger partial charge >= 0.3 is 0 Å². The molecule has 7 rings (SSSR count). The quantitative estimate of drug-likeness (QED) is 0.443. The molecule has 1 aromatic carbocycles. The maximum absolute atomic E-state index is 13.7. The van der Waals surface area contributed by atoms with Crippen molar-refractivity contribution in [2.75, 3.05) is 39.3 Å². The van der Waals surface area contributed by atoms with E-state index >= 15 is 0 Å². The third-order valence-electron chi connectivity index (χ3n) is 14.1. The van der Waals surface area contributed by atoms with E-state index in [2.05, 4.69) is 30.7 Å². The van der Waals surface area contributed by atoms with E-state index in [0.29, 0.717) is 74.3 Å².